The number of benzene rings is 3. The summed E-state index contributed by atoms with van der Waals surface area (Å²) in [4.78, 5) is 17.0. The molecular formula is C22H18FN3O3S2. The van der Waals surface area contributed by atoms with Crippen LogP contribution in [0.4, 0.5) is 15.2 Å². The van der Waals surface area contributed by atoms with Crippen molar-refractivity contribution in [2.45, 2.75) is 18.7 Å². The van der Waals surface area contributed by atoms with Crippen molar-refractivity contribution in [3.8, 4) is 0 Å². The first kappa shape index (κ1) is 21.0. The highest BCUT2D eigenvalue weighted by atomic mass is 32.2. The summed E-state index contributed by atoms with van der Waals surface area (Å²) in [6.07, 6.45) is 0. The second kappa shape index (κ2) is 8.09. The van der Waals surface area contributed by atoms with Gasteiger partial charge in [-0.1, -0.05) is 17.4 Å². The van der Waals surface area contributed by atoms with Gasteiger partial charge in [-0.25, -0.2) is 17.8 Å². The summed E-state index contributed by atoms with van der Waals surface area (Å²) >= 11 is 1.39. The lowest BCUT2D eigenvalue weighted by molar-refractivity contribution is 0.102. The summed E-state index contributed by atoms with van der Waals surface area (Å²) < 4.78 is 41.2. The maximum Gasteiger partial charge on any atom is 0.261 e. The molecule has 0 saturated carbocycles. The zero-order valence-corrected chi connectivity index (χ0v) is 18.3. The molecule has 1 heterocycles. The van der Waals surface area contributed by atoms with Gasteiger partial charge in [0.2, 0.25) is 0 Å². The molecule has 0 aliphatic rings. The van der Waals surface area contributed by atoms with Crippen LogP contribution in [-0.4, -0.2) is 19.3 Å². The molecule has 31 heavy (non-hydrogen) atoms. The molecule has 1 aromatic heterocycles. The van der Waals surface area contributed by atoms with Gasteiger partial charge in [0.05, 0.1) is 15.1 Å². The van der Waals surface area contributed by atoms with Crippen LogP contribution in [0, 0.1) is 19.7 Å². The standard InChI is InChI=1S/C22H18FN3O3S2/c1-13-3-12-19-20(14(13)2)24-22(30-19)25-21(27)15-4-8-17(9-5-15)26-31(28,29)18-10-6-16(23)7-11-18/h3-12,26H,1-2H3,(H,24,25,27). The molecule has 9 heteroatoms. The van der Waals surface area contributed by atoms with Crippen LogP contribution in [0.3, 0.4) is 0 Å². The van der Waals surface area contributed by atoms with Crippen LogP contribution in [0.1, 0.15) is 21.5 Å². The van der Waals surface area contributed by atoms with Crippen LogP contribution >= 0.6 is 11.3 Å². The molecule has 0 bridgehead atoms. The van der Waals surface area contributed by atoms with Crippen molar-refractivity contribution in [2.75, 3.05) is 10.0 Å². The number of carbonyl (C=O) groups is 1. The van der Waals surface area contributed by atoms with E-state index in [2.05, 4.69) is 15.0 Å². The zero-order valence-electron chi connectivity index (χ0n) is 16.6. The van der Waals surface area contributed by atoms with Crippen molar-refractivity contribution >= 4 is 48.3 Å². The summed E-state index contributed by atoms with van der Waals surface area (Å²) in [6.45, 7) is 4.01. The average molecular weight is 456 g/mol. The fourth-order valence-electron chi connectivity index (χ4n) is 2.97. The number of carbonyl (C=O) groups excluding carboxylic acids is 1. The van der Waals surface area contributed by atoms with Gasteiger partial charge in [0.15, 0.2) is 5.13 Å². The second-order valence-electron chi connectivity index (χ2n) is 6.96. The van der Waals surface area contributed by atoms with Gasteiger partial charge in [-0.15, -0.1) is 0 Å². The minimum absolute atomic E-state index is 0.0583. The fraction of sp³-hybridized carbons (Fsp3) is 0.0909. The molecule has 6 nitrogen and oxygen atoms in total. The van der Waals surface area contributed by atoms with Crippen molar-refractivity contribution in [3.05, 3.63) is 83.2 Å². The molecule has 0 aliphatic carbocycles. The summed E-state index contributed by atoms with van der Waals surface area (Å²) in [5, 5.41) is 3.28. The lowest BCUT2D eigenvalue weighted by Gasteiger charge is -2.09. The molecule has 2 N–H and O–H groups in total. The van der Waals surface area contributed by atoms with E-state index in [0.717, 1.165) is 33.5 Å². The largest absolute Gasteiger partial charge is 0.298 e. The van der Waals surface area contributed by atoms with Gasteiger partial charge in [0.25, 0.3) is 15.9 Å². The zero-order chi connectivity index (χ0) is 22.2. The molecule has 0 fully saturated rings. The topological polar surface area (TPSA) is 88.2 Å². The smallest absolute Gasteiger partial charge is 0.261 e. The fourth-order valence-corrected chi connectivity index (χ4v) is 4.95. The normalized spacial score (nSPS) is 11.5. The molecule has 4 rings (SSSR count). The highest BCUT2D eigenvalue weighted by Crippen LogP contribution is 2.30. The number of nitrogens with zero attached hydrogens (tertiary/aromatic N) is 1. The Morgan fingerprint density at radius 3 is 2.32 bits per heavy atom. The monoisotopic (exact) mass is 455 g/mol. The van der Waals surface area contributed by atoms with E-state index in [1.165, 1.54) is 47.7 Å². The lowest BCUT2D eigenvalue weighted by Crippen LogP contribution is -2.14. The van der Waals surface area contributed by atoms with Gasteiger partial charge in [-0.05, 0) is 79.6 Å². The Hall–Kier alpha value is -3.30. The van der Waals surface area contributed by atoms with E-state index in [4.69, 9.17) is 0 Å². The van der Waals surface area contributed by atoms with E-state index in [0.29, 0.717) is 10.7 Å². The third kappa shape index (κ3) is 4.42. The van der Waals surface area contributed by atoms with Crippen LogP contribution in [0.15, 0.2) is 65.6 Å². The molecule has 0 unspecified atom stereocenters. The molecule has 1 amide bonds. The van der Waals surface area contributed by atoms with E-state index in [1.54, 1.807) is 0 Å². The summed E-state index contributed by atoms with van der Waals surface area (Å²) in [6, 6.07) is 14.5. The summed E-state index contributed by atoms with van der Waals surface area (Å²) in [5.74, 6) is -0.867. The SMILES string of the molecule is Cc1ccc2sc(NC(=O)c3ccc(NS(=O)(=O)c4ccc(F)cc4)cc3)nc2c1C. The molecular weight excluding hydrogens is 437 g/mol. The van der Waals surface area contributed by atoms with E-state index < -0.39 is 15.8 Å². The molecule has 158 valence electrons. The van der Waals surface area contributed by atoms with Crippen molar-refractivity contribution in [1.29, 1.82) is 0 Å². The molecule has 0 saturated heterocycles. The summed E-state index contributed by atoms with van der Waals surface area (Å²) in [7, 11) is -3.86. The summed E-state index contributed by atoms with van der Waals surface area (Å²) in [5.41, 5.74) is 3.72. The van der Waals surface area contributed by atoms with E-state index in [9.17, 15) is 17.6 Å². The average Bonchev–Trinajstić information content (AvgIpc) is 3.14. The van der Waals surface area contributed by atoms with Crippen LogP contribution in [0.25, 0.3) is 10.2 Å². The number of hydrogen-bond acceptors (Lipinski definition) is 5. The van der Waals surface area contributed by atoms with Gasteiger partial charge in [0.1, 0.15) is 5.82 Å². The Labute approximate surface area is 182 Å². The number of hydrogen-bond donors (Lipinski definition) is 2. The molecule has 4 aromatic rings. The number of aromatic nitrogens is 1. The number of thiazole rings is 1. The first-order valence-electron chi connectivity index (χ1n) is 9.29. The van der Waals surface area contributed by atoms with Gasteiger partial charge in [-0.2, -0.15) is 0 Å². The molecule has 0 aliphatic heterocycles. The van der Waals surface area contributed by atoms with E-state index in [-0.39, 0.29) is 16.5 Å². The van der Waals surface area contributed by atoms with Gasteiger partial charge in [-0.3, -0.25) is 14.8 Å². The van der Waals surface area contributed by atoms with Crippen molar-refractivity contribution in [2.24, 2.45) is 0 Å². The number of aryl methyl sites for hydroxylation is 2. The van der Waals surface area contributed by atoms with Gasteiger partial charge in [0, 0.05) is 11.3 Å². The Morgan fingerprint density at radius 1 is 0.968 bits per heavy atom. The number of halogens is 1. The Kier molecular flexibility index (Phi) is 5.47. The van der Waals surface area contributed by atoms with Gasteiger partial charge >= 0.3 is 0 Å². The third-order valence-electron chi connectivity index (χ3n) is 4.83. The van der Waals surface area contributed by atoms with E-state index >= 15 is 0 Å². The van der Waals surface area contributed by atoms with Crippen molar-refractivity contribution < 1.29 is 17.6 Å². The number of fused-ring (bicyclic) bond motifs is 1. The van der Waals surface area contributed by atoms with Crippen molar-refractivity contribution in [1.82, 2.24) is 4.98 Å². The second-order valence-corrected chi connectivity index (χ2v) is 9.68. The van der Waals surface area contributed by atoms with Crippen molar-refractivity contribution in [3.63, 3.8) is 0 Å². The van der Waals surface area contributed by atoms with Crippen LogP contribution < -0.4 is 10.0 Å². The maximum absolute atomic E-state index is 13.0. The first-order chi connectivity index (χ1) is 14.7. The predicted molar refractivity (Wildman–Crippen MR) is 121 cm³/mol. The number of anilines is 2. The lowest BCUT2D eigenvalue weighted by atomic mass is 10.1. The molecule has 3 aromatic carbocycles. The predicted octanol–water partition coefficient (Wildman–Crippen LogP) is 5.11. The number of amides is 1. The Balaban J connectivity index is 1.48. The third-order valence-corrected chi connectivity index (χ3v) is 7.16. The van der Waals surface area contributed by atoms with Gasteiger partial charge < -0.3 is 0 Å². The molecule has 0 radical (unpaired) electrons. The minimum atomic E-state index is -3.86. The Morgan fingerprint density at radius 2 is 1.65 bits per heavy atom. The van der Waals surface area contributed by atoms with Crippen LogP contribution in [0.2, 0.25) is 0 Å². The maximum atomic E-state index is 13.0. The highest BCUT2D eigenvalue weighted by molar-refractivity contribution is 7.92. The quantitative estimate of drug-likeness (QED) is 0.438. The first-order valence-corrected chi connectivity index (χ1v) is 11.6. The molecule has 0 spiro atoms. The number of sulfonamides is 1. The number of rotatable bonds is 5. The van der Waals surface area contributed by atoms with Crippen LogP contribution in [0.5, 0.6) is 0 Å². The molecule has 0 atom stereocenters. The van der Waals surface area contributed by atoms with E-state index in [1.807, 2.05) is 26.0 Å². The minimum Gasteiger partial charge on any atom is -0.298 e. The number of nitrogens with one attached hydrogen (secondary N) is 2. The Bertz CT molecular complexity index is 1380. The van der Waals surface area contributed by atoms with Crippen LogP contribution in [-0.2, 0) is 10.0 Å². The highest BCUT2D eigenvalue weighted by Gasteiger charge is 2.15.